The van der Waals surface area contributed by atoms with E-state index in [9.17, 15) is 14.4 Å². The highest BCUT2D eigenvalue weighted by molar-refractivity contribution is 5.83. The van der Waals surface area contributed by atoms with Crippen LogP contribution in [-0.4, -0.2) is 62.0 Å². The third-order valence-corrected chi connectivity index (χ3v) is 3.20. The molecule has 1 heterocycles. The molecule has 1 aliphatic rings. The third kappa shape index (κ3) is 5.56. The molecule has 114 valence electrons. The van der Waals surface area contributed by atoms with Crippen molar-refractivity contribution in [1.29, 1.82) is 0 Å². The topological polar surface area (TPSA) is 87.7 Å². The van der Waals surface area contributed by atoms with Crippen LogP contribution in [0.4, 0.5) is 0 Å². The first-order valence-corrected chi connectivity index (χ1v) is 6.88. The first-order chi connectivity index (χ1) is 9.54. The lowest BCUT2D eigenvalue weighted by atomic mass is 10.1. The second kappa shape index (κ2) is 8.52. The van der Waals surface area contributed by atoms with Crippen LogP contribution in [0.15, 0.2) is 0 Å². The summed E-state index contributed by atoms with van der Waals surface area (Å²) in [5.41, 5.74) is 0. The lowest BCUT2D eigenvalue weighted by Gasteiger charge is -2.27. The van der Waals surface area contributed by atoms with Gasteiger partial charge in [-0.1, -0.05) is 0 Å². The molecule has 1 rings (SSSR count). The predicted molar refractivity (Wildman–Crippen MR) is 72.9 cm³/mol. The Bertz CT molecular complexity index is 354. The summed E-state index contributed by atoms with van der Waals surface area (Å²) >= 11 is 0. The first kappa shape index (κ1) is 16.4. The number of hydrogen-bond donors (Lipinski definition) is 2. The van der Waals surface area contributed by atoms with E-state index < -0.39 is 12.0 Å². The molecule has 1 atom stereocenters. The molecule has 0 aromatic heterocycles. The summed E-state index contributed by atoms with van der Waals surface area (Å²) in [5.74, 6) is -0.821. The van der Waals surface area contributed by atoms with E-state index in [0.29, 0.717) is 0 Å². The minimum atomic E-state index is -0.772. The fourth-order valence-electron chi connectivity index (χ4n) is 2.16. The van der Waals surface area contributed by atoms with Gasteiger partial charge in [0, 0.05) is 26.6 Å². The number of ether oxygens (including phenoxy) is 1. The summed E-state index contributed by atoms with van der Waals surface area (Å²) in [4.78, 5) is 36.2. The highest BCUT2D eigenvalue weighted by Crippen LogP contribution is 2.08. The Balaban J connectivity index is 2.33. The van der Waals surface area contributed by atoms with Gasteiger partial charge in [-0.15, -0.1) is 0 Å². The zero-order valence-corrected chi connectivity index (χ0v) is 12.1. The van der Waals surface area contributed by atoms with Gasteiger partial charge in [0.1, 0.15) is 6.04 Å². The average Bonchev–Trinajstić information content (AvgIpc) is 2.45. The molecule has 7 heteroatoms. The van der Waals surface area contributed by atoms with Gasteiger partial charge in [-0.25, -0.2) is 4.79 Å². The molecular weight excluding hydrogens is 262 g/mol. The van der Waals surface area contributed by atoms with Gasteiger partial charge < -0.3 is 20.3 Å². The molecule has 0 saturated carbocycles. The number of methoxy groups -OCH3 is 1. The van der Waals surface area contributed by atoms with Crippen LogP contribution >= 0.6 is 0 Å². The number of likely N-dealkylation sites (tertiary alicyclic amines) is 1. The van der Waals surface area contributed by atoms with Crippen molar-refractivity contribution in [2.45, 2.75) is 32.2 Å². The van der Waals surface area contributed by atoms with Crippen molar-refractivity contribution >= 4 is 17.8 Å². The number of amides is 2. The summed E-state index contributed by atoms with van der Waals surface area (Å²) in [6.45, 7) is 3.26. The van der Waals surface area contributed by atoms with Crippen molar-refractivity contribution in [2.75, 3.05) is 33.3 Å². The SMILES string of the molecule is COC(=O)C(CNCC(=O)N1CCCCC1)NC(C)=O. The lowest BCUT2D eigenvalue weighted by Crippen LogP contribution is -2.49. The molecule has 20 heavy (non-hydrogen) atoms. The van der Waals surface area contributed by atoms with E-state index in [1.54, 1.807) is 0 Å². The molecule has 1 saturated heterocycles. The average molecular weight is 285 g/mol. The van der Waals surface area contributed by atoms with E-state index in [0.717, 1.165) is 25.9 Å². The number of esters is 1. The van der Waals surface area contributed by atoms with Crippen molar-refractivity contribution in [1.82, 2.24) is 15.5 Å². The van der Waals surface area contributed by atoms with E-state index in [2.05, 4.69) is 15.4 Å². The molecular formula is C13H23N3O4. The van der Waals surface area contributed by atoms with E-state index in [1.807, 2.05) is 4.90 Å². The van der Waals surface area contributed by atoms with Crippen molar-refractivity contribution in [3.05, 3.63) is 0 Å². The van der Waals surface area contributed by atoms with Crippen molar-refractivity contribution in [3.63, 3.8) is 0 Å². The van der Waals surface area contributed by atoms with Gasteiger partial charge in [0.15, 0.2) is 0 Å². The van der Waals surface area contributed by atoms with Gasteiger partial charge >= 0.3 is 5.97 Å². The van der Waals surface area contributed by atoms with Gasteiger partial charge in [0.25, 0.3) is 0 Å². The number of nitrogens with zero attached hydrogens (tertiary/aromatic N) is 1. The Hall–Kier alpha value is -1.63. The maximum atomic E-state index is 11.9. The maximum absolute atomic E-state index is 11.9. The normalized spacial score (nSPS) is 16.4. The number of nitrogens with one attached hydrogen (secondary N) is 2. The Kier molecular flexibility index (Phi) is 7.00. The zero-order chi connectivity index (χ0) is 15.0. The second-order valence-corrected chi connectivity index (χ2v) is 4.85. The van der Waals surface area contributed by atoms with Crippen LogP contribution in [0.2, 0.25) is 0 Å². The summed E-state index contributed by atoms with van der Waals surface area (Å²) < 4.78 is 4.60. The Morgan fingerprint density at radius 2 is 1.85 bits per heavy atom. The molecule has 0 radical (unpaired) electrons. The van der Waals surface area contributed by atoms with Gasteiger partial charge in [0.2, 0.25) is 11.8 Å². The van der Waals surface area contributed by atoms with Gasteiger partial charge in [0.05, 0.1) is 13.7 Å². The molecule has 0 aromatic rings. The number of carbonyl (C=O) groups excluding carboxylic acids is 3. The molecule has 1 fully saturated rings. The third-order valence-electron chi connectivity index (χ3n) is 3.20. The largest absolute Gasteiger partial charge is 0.467 e. The standard InChI is InChI=1S/C13H23N3O4/c1-10(17)15-11(13(19)20-2)8-14-9-12(18)16-6-4-3-5-7-16/h11,14H,3-9H2,1-2H3,(H,15,17). The highest BCUT2D eigenvalue weighted by Gasteiger charge is 2.21. The van der Waals surface area contributed by atoms with Crippen molar-refractivity contribution in [2.24, 2.45) is 0 Å². The van der Waals surface area contributed by atoms with Crippen LogP contribution in [0.25, 0.3) is 0 Å². The molecule has 0 spiro atoms. The molecule has 1 aliphatic heterocycles. The quantitative estimate of drug-likeness (QED) is 0.628. The van der Waals surface area contributed by atoms with Crippen LogP contribution in [0, 0.1) is 0 Å². The minimum Gasteiger partial charge on any atom is -0.467 e. The van der Waals surface area contributed by atoms with Crippen LogP contribution in [-0.2, 0) is 19.1 Å². The Morgan fingerprint density at radius 3 is 2.40 bits per heavy atom. The van der Waals surface area contributed by atoms with E-state index in [4.69, 9.17) is 0 Å². The maximum Gasteiger partial charge on any atom is 0.329 e. The molecule has 0 aromatic carbocycles. The smallest absolute Gasteiger partial charge is 0.329 e. The molecule has 2 amide bonds. The number of hydrogen-bond acceptors (Lipinski definition) is 5. The van der Waals surface area contributed by atoms with Crippen molar-refractivity contribution in [3.8, 4) is 0 Å². The van der Waals surface area contributed by atoms with Crippen LogP contribution in [0.1, 0.15) is 26.2 Å². The predicted octanol–water partition coefficient (Wildman–Crippen LogP) is -0.734. The Morgan fingerprint density at radius 1 is 1.20 bits per heavy atom. The van der Waals surface area contributed by atoms with Gasteiger partial charge in [-0.3, -0.25) is 9.59 Å². The molecule has 0 aliphatic carbocycles. The lowest BCUT2D eigenvalue weighted by molar-refractivity contribution is -0.144. The monoisotopic (exact) mass is 285 g/mol. The van der Waals surface area contributed by atoms with Crippen LogP contribution in [0.3, 0.4) is 0 Å². The molecule has 7 nitrogen and oxygen atoms in total. The highest BCUT2D eigenvalue weighted by atomic mass is 16.5. The molecule has 1 unspecified atom stereocenters. The second-order valence-electron chi connectivity index (χ2n) is 4.85. The molecule has 2 N–H and O–H groups in total. The van der Waals surface area contributed by atoms with E-state index in [-0.39, 0.29) is 24.9 Å². The van der Waals surface area contributed by atoms with Crippen molar-refractivity contribution < 1.29 is 19.1 Å². The minimum absolute atomic E-state index is 0.0242. The van der Waals surface area contributed by atoms with Crippen LogP contribution < -0.4 is 10.6 Å². The summed E-state index contributed by atoms with van der Waals surface area (Å²) in [5, 5.41) is 5.38. The number of piperidine rings is 1. The number of carbonyl (C=O) groups is 3. The Labute approximate surface area is 119 Å². The number of rotatable bonds is 6. The summed E-state index contributed by atoms with van der Waals surface area (Å²) in [7, 11) is 1.26. The fourth-order valence-corrected chi connectivity index (χ4v) is 2.16. The van der Waals surface area contributed by atoms with Crippen LogP contribution in [0.5, 0.6) is 0 Å². The summed E-state index contributed by atoms with van der Waals surface area (Å²) in [6.07, 6.45) is 3.26. The first-order valence-electron chi connectivity index (χ1n) is 6.88. The van der Waals surface area contributed by atoms with Gasteiger partial charge in [-0.2, -0.15) is 0 Å². The zero-order valence-electron chi connectivity index (χ0n) is 12.1. The molecule has 0 bridgehead atoms. The van der Waals surface area contributed by atoms with E-state index in [1.165, 1.54) is 20.5 Å². The van der Waals surface area contributed by atoms with Gasteiger partial charge in [-0.05, 0) is 19.3 Å². The fraction of sp³-hybridized carbons (Fsp3) is 0.769. The summed E-state index contributed by atoms with van der Waals surface area (Å²) in [6, 6.07) is -0.772. The van der Waals surface area contributed by atoms with E-state index >= 15 is 0 Å².